The highest BCUT2D eigenvalue weighted by Gasteiger charge is 2.22. The van der Waals surface area contributed by atoms with E-state index < -0.39 is 0 Å². The number of hydrogen-bond donors (Lipinski definition) is 3. The van der Waals surface area contributed by atoms with Crippen LogP contribution >= 0.6 is 0 Å². The lowest BCUT2D eigenvalue weighted by atomic mass is 9.87. The Morgan fingerprint density at radius 3 is 2.64 bits per heavy atom. The third-order valence-corrected chi connectivity index (χ3v) is 4.72. The summed E-state index contributed by atoms with van der Waals surface area (Å²) in [7, 11) is 0. The molecule has 2 fully saturated rings. The largest absolute Gasteiger partial charge is 0.393 e. The van der Waals surface area contributed by atoms with E-state index in [0.717, 1.165) is 58.2 Å². The number of nitrogens with zero attached hydrogens (tertiary/aromatic N) is 1. The molecule has 1 saturated carbocycles. The number of carbonyl (C=O) groups excluding carboxylic acids is 1. The van der Waals surface area contributed by atoms with Crippen molar-refractivity contribution in [2.75, 3.05) is 26.2 Å². The fraction of sp³-hybridized carbons (Fsp3) is 0.824. The van der Waals surface area contributed by atoms with Gasteiger partial charge < -0.3 is 15.7 Å². The predicted octanol–water partition coefficient (Wildman–Crippen LogP) is 1.88. The molecule has 1 heterocycles. The van der Waals surface area contributed by atoms with E-state index in [1.54, 1.807) is 0 Å². The van der Waals surface area contributed by atoms with Crippen LogP contribution in [-0.4, -0.2) is 54.4 Å². The van der Waals surface area contributed by atoms with Crippen molar-refractivity contribution in [2.45, 2.75) is 57.6 Å². The number of aliphatic hydroxyl groups excluding tert-OH is 1. The average Bonchev–Trinajstić information content (AvgIpc) is 2.47. The van der Waals surface area contributed by atoms with Gasteiger partial charge in [-0.15, -0.1) is 0 Å². The standard InChI is InChI=1S/C17H31N3O2/c1-13(2)12-20-8-6-15(7-9-20)19-17(22)18-11-14-4-3-5-16(21)10-14/h14-16,21H,1,3-12H2,2H3,(H2,18,19,22). The third kappa shape index (κ3) is 5.97. The lowest BCUT2D eigenvalue weighted by Gasteiger charge is -2.32. The molecule has 2 rings (SSSR count). The Hall–Kier alpha value is -1.07. The summed E-state index contributed by atoms with van der Waals surface area (Å²) in [5.41, 5.74) is 1.19. The van der Waals surface area contributed by atoms with E-state index in [0.29, 0.717) is 12.5 Å². The molecule has 2 amide bonds. The van der Waals surface area contributed by atoms with Gasteiger partial charge in [0.1, 0.15) is 0 Å². The molecule has 0 bridgehead atoms. The zero-order chi connectivity index (χ0) is 15.9. The minimum atomic E-state index is -0.179. The van der Waals surface area contributed by atoms with Crippen molar-refractivity contribution in [2.24, 2.45) is 5.92 Å². The maximum atomic E-state index is 12.0. The second-order valence-corrected chi connectivity index (χ2v) is 7.05. The van der Waals surface area contributed by atoms with Gasteiger partial charge in [0, 0.05) is 32.2 Å². The first-order valence-electron chi connectivity index (χ1n) is 8.62. The average molecular weight is 309 g/mol. The molecule has 22 heavy (non-hydrogen) atoms. The Kier molecular flexibility index (Phi) is 6.70. The van der Waals surface area contributed by atoms with Crippen LogP contribution < -0.4 is 10.6 Å². The summed E-state index contributed by atoms with van der Waals surface area (Å²) in [4.78, 5) is 14.4. The van der Waals surface area contributed by atoms with Gasteiger partial charge in [0.05, 0.1) is 6.10 Å². The highest BCUT2D eigenvalue weighted by molar-refractivity contribution is 5.74. The van der Waals surface area contributed by atoms with Crippen LogP contribution in [0.15, 0.2) is 12.2 Å². The Balaban J connectivity index is 1.60. The van der Waals surface area contributed by atoms with E-state index in [-0.39, 0.29) is 18.2 Å². The Morgan fingerprint density at radius 1 is 1.27 bits per heavy atom. The number of amides is 2. The van der Waals surface area contributed by atoms with Gasteiger partial charge in [-0.3, -0.25) is 4.90 Å². The van der Waals surface area contributed by atoms with Gasteiger partial charge in [0.25, 0.3) is 0 Å². The molecule has 0 aromatic rings. The summed E-state index contributed by atoms with van der Waals surface area (Å²) in [6.45, 7) is 9.69. The molecule has 5 nitrogen and oxygen atoms in total. The van der Waals surface area contributed by atoms with Crippen molar-refractivity contribution >= 4 is 6.03 Å². The summed E-state index contributed by atoms with van der Waals surface area (Å²) in [6.07, 6.45) is 5.73. The number of aliphatic hydroxyl groups is 1. The van der Waals surface area contributed by atoms with Crippen LogP contribution in [0.4, 0.5) is 4.79 Å². The Labute approximate surface area is 134 Å². The van der Waals surface area contributed by atoms with Gasteiger partial charge in [0.15, 0.2) is 0 Å². The number of carbonyl (C=O) groups is 1. The maximum absolute atomic E-state index is 12.0. The first kappa shape index (κ1) is 17.3. The fourth-order valence-electron chi connectivity index (χ4n) is 3.54. The van der Waals surface area contributed by atoms with E-state index in [9.17, 15) is 9.90 Å². The van der Waals surface area contributed by atoms with Gasteiger partial charge in [0.2, 0.25) is 0 Å². The summed E-state index contributed by atoms with van der Waals surface area (Å²) < 4.78 is 0. The number of nitrogens with one attached hydrogen (secondary N) is 2. The zero-order valence-corrected chi connectivity index (χ0v) is 13.8. The SMILES string of the molecule is C=C(C)CN1CCC(NC(=O)NCC2CCCC(O)C2)CC1. The highest BCUT2D eigenvalue weighted by atomic mass is 16.3. The second-order valence-electron chi connectivity index (χ2n) is 7.05. The smallest absolute Gasteiger partial charge is 0.315 e. The third-order valence-electron chi connectivity index (χ3n) is 4.72. The number of piperidine rings is 1. The molecule has 126 valence electrons. The Morgan fingerprint density at radius 2 is 2.00 bits per heavy atom. The summed E-state index contributed by atoms with van der Waals surface area (Å²) in [5, 5.41) is 15.7. The normalized spacial score (nSPS) is 27.4. The monoisotopic (exact) mass is 309 g/mol. The van der Waals surface area contributed by atoms with Crippen LogP contribution in [-0.2, 0) is 0 Å². The molecule has 1 saturated heterocycles. The first-order valence-corrected chi connectivity index (χ1v) is 8.62. The number of likely N-dealkylation sites (tertiary alicyclic amines) is 1. The molecule has 5 heteroatoms. The van der Waals surface area contributed by atoms with E-state index in [4.69, 9.17) is 0 Å². The molecule has 0 radical (unpaired) electrons. The molecule has 0 aromatic carbocycles. The molecule has 1 aliphatic heterocycles. The number of hydrogen-bond acceptors (Lipinski definition) is 3. The molecular formula is C17H31N3O2. The van der Waals surface area contributed by atoms with Crippen LogP contribution in [0, 0.1) is 5.92 Å². The summed E-state index contributed by atoms with van der Waals surface area (Å²) in [5.74, 6) is 0.423. The summed E-state index contributed by atoms with van der Waals surface area (Å²) in [6, 6.07) is 0.219. The Bertz CT molecular complexity index is 378. The number of rotatable bonds is 5. The number of urea groups is 1. The van der Waals surface area contributed by atoms with Crippen LogP contribution in [0.2, 0.25) is 0 Å². The zero-order valence-electron chi connectivity index (χ0n) is 13.8. The van der Waals surface area contributed by atoms with Gasteiger partial charge >= 0.3 is 6.03 Å². The van der Waals surface area contributed by atoms with Gasteiger partial charge in [-0.25, -0.2) is 4.79 Å². The molecule has 3 N–H and O–H groups in total. The molecule has 2 atom stereocenters. The molecule has 2 unspecified atom stereocenters. The topological polar surface area (TPSA) is 64.6 Å². The lowest BCUT2D eigenvalue weighted by molar-refractivity contribution is 0.101. The van der Waals surface area contributed by atoms with Crippen molar-refractivity contribution < 1.29 is 9.90 Å². The molecule has 1 aliphatic carbocycles. The first-order chi connectivity index (χ1) is 10.5. The van der Waals surface area contributed by atoms with Gasteiger partial charge in [-0.1, -0.05) is 18.6 Å². The minimum Gasteiger partial charge on any atom is -0.393 e. The second kappa shape index (κ2) is 8.53. The predicted molar refractivity (Wildman–Crippen MR) is 88.8 cm³/mol. The van der Waals surface area contributed by atoms with Crippen LogP contribution in [0.3, 0.4) is 0 Å². The quantitative estimate of drug-likeness (QED) is 0.679. The van der Waals surface area contributed by atoms with Crippen LogP contribution in [0.5, 0.6) is 0 Å². The van der Waals surface area contributed by atoms with Crippen molar-refractivity contribution in [3.05, 3.63) is 12.2 Å². The minimum absolute atomic E-state index is 0.0570. The van der Waals surface area contributed by atoms with E-state index in [1.165, 1.54) is 5.57 Å². The molecule has 2 aliphatic rings. The molecule has 0 spiro atoms. The van der Waals surface area contributed by atoms with Crippen LogP contribution in [0.1, 0.15) is 45.4 Å². The van der Waals surface area contributed by atoms with Crippen molar-refractivity contribution in [3.8, 4) is 0 Å². The molecule has 0 aromatic heterocycles. The molecular weight excluding hydrogens is 278 g/mol. The van der Waals surface area contributed by atoms with Crippen molar-refractivity contribution in [1.29, 1.82) is 0 Å². The fourth-order valence-corrected chi connectivity index (χ4v) is 3.54. The van der Waals surface area contributed by atoms with E-state index in [1.807, 2.05) is 0 Å². The van der Waals surface area contributed by atoms with Crippen LogP contribution in [0.25, 0.3) is 0 Å². The van der Waals surface area contributed by atoms with E-state index in [2.05, 4.69) is 29.0 Å². The maximum Gasteiger partial charge on any atom is 0.315 e. The summed E-state index contributed by atoms with van der Waals surface area (Å²) >= 11 is 0. The van der Waals surface area contributed by atoms with E-state index >= 15 is 0 Å². The van der Waals surface area contributed by atoms with Gasteiger partial charge in [-0.05, 0) is 44.9 Å². The van der Waals surface area contributed by atoms with Crippen molar-refractivity contribution in [1.82, 2.24) is 15.5 Å². The van der Waals surface area contributed by atoms with Crippen molar-refractivity contribution in [3.63, 3.8) is 0 Å². The van der Waals surface area contributed by atoms with Gasteiger partial charge in [-0.2, -0.15) is 0 Å². The highest BCUT2D eigenvalue weighted by Crippen LogP contribution is 2.23. The lowest BCUT2D eigenvalue weighted by Crippen LogP contribution is -2.49.